The normalized spacial score (nSPS) is 14.2. The molecule has 0 saturated carbocycles. The van der Waals surface area contributed by atoms with E-state index in [2.05, 4.69) is 20.4 Å². The van der Waals surface area contributed by atoms with Gasteiger partial charge in [0.15, 0.2) is 17.2 Å². The molecule has 3 aromatic heterocycles. The lowest BCUT2D eigenvalue weighted by atomic mass is 10.0. The summed E-state index contributed by atoms with van der Waals surface area (Å²) in [6.07, 6.45) is -2.52. The number of benzene rings is 1. The van der Waals surface area contributed by atoms with E-state index in [1.165, 1.54) is 32.7 Å². The molecule has 16 heteroatoms. The van der Waals surface area contributed by atoms with Crippen LogP contribution in [0.15, 0.2) is 36.9 Å². The molecule has 0 atom stereocenters. The van der Waals surface area contributed by atoms with Crippen molar-refractivity contribution in [2.45, 2.75) is 26.1 Å². The van der Waals surface area contributed by atoms with Gasteiger partial charge in [-0.3, -0.25) is 18.7 Å². The molecule has 0 spiro atoms. The third-order valence-electron chi connectivity index (χ3n) is 6.57. The fraction of sp³-hybridized carbons (Fsp3) is 0.320. The van der Waals surface area contributed by atoms with Crippen molar-refractivity contribution in [3.8, 4) is 11.3 Å². The molecule has 1 saturated heterocycles. The number of carbonyl (C=O) groups is 2. The summed E-state index contributed by atoms with van der Waals surface area (Å²) in [4.78, 5) is 35.2. The summed E-state index contributed by atoms with van der Waals surface area (Å²) in [6.45, 7) is 1.75. The third-order valence-corrected chi connectivity index (χ3v) is 6.57. The Balaban J connectivity index is 1.45. The van der Waals surface area contributed by atoms with Crippen LogP contribution in [0.2, 0.25) is 0 Å². The van der Waals surface area contributed by atoms with Gasteiger partial charge in [-0.15, -0.1) is 0 Å². The van der Waals surface area contributed by atoms with Crippen molar-refractivity contribution in [3.05, 3.63) is 59.6 Å². The first kappa shape index (κ1) is 27.9. The van der Waals surface area contributed by atoms with Crippen molar-refractivity contribution in [2.75, 3.05) is 31.5 Å². The van der Waals surface area contributed by atoms with Crippen LogP contribution in [0, 0.1) is 12.7 Å². The fourth-order valence-corrected chi connectivity index (χ4v) is 4.67. The van der Waals surface area contributed by atoms with E-state index in [9.17, 15) is 31.5 Å². The van der Waals surface area contributed by atoms with E-state index in [-0.39, 0.29) is 41.5 Å². The smallest absolute Gasteiger partial charge is 0.342 e. The van der Waals surface area contributed by atoms with Gasteiger partial charge >= 0.3 is 6.18 Å². The van der Waals surface area contributed by atoms with E-state index >= 15 is 4.39 Å². The number of hydrogen-bond acceptors (Lipinski definition) is 6. The quantitative estimate of drug-likeness (QED) is 0.262. The molecule has 4 heterocycles. The van der Waals surface area contributed by atoms with Crippen molar-refractivity contribution in [2.24, 2.45) is 0 Å². The summed E-state index contributed by atoms with van der Waals surface area (Å²) in [7, 11) is 0. The number of rotatable bonds is 7. The summed E-state index contributed by atoms with van der Waals surface area (Å²) in [5, 5.41) is 6.19. The Morgan fingerprint density at radius 2 is 1.88 bits per heavy atom. The van der Waals surface area contributed by atoms with Crippen LogP contribution in [0.5, 0.6) is 0 Å². The second-order valence-electron chi connectivity index (χ2n) is 9.32. The first-order valence-electron chi connectivity index (χ1n) is 12.3. The number of carbonyl (C=O) groups excluding carboxylic acids is 2. The van der Waals surface area contributed by atoms with Crippen LogP contribution < -0.4 is 5.32 Å². The molecule has 4 aromatic rings. The molecular weight excluding hydrogens is 558 g/mol. The van der Waals surface area contributed by atoms with E-state index in [0.717, 1.165) is 18.5 Å². The molecule has 0 bridgehead atoms. The zero-order valence-corrected chi connectivity index (χ0v) is 21.4. The van der Waals surface area contributed by atoms with E-state index in [0.29, 0.717) is 29.7 Å². The van der Waals surface area contributed by atoms with Crippen molar-refractivity contribution in [3.63, 3.8) is 0 Å². The highest BCUT2D eigenvalue weighted by Gasteiger charge is 2.38. The van der Waals surface area contributed by atoms with Crippen LogP contribution in [0.25, 0.3) is 16.9 Å². The van der Waals surface area contributed by atoms with Gasteiger partial charge < -0.3 is 15.1 Å². The second kappa shape index (κ2) is 10.7. The number of nitrogens with one attached hydrogen (secondary N) is 1. The Morgan fingerprint density at radius 1 is 1.15 bits per heavy atom. The zero-order valence-electron chi connectivity index (χ0n) is 21.4. The lowest BCUT2D eigenvalue weighted by molar-refractivity contribution is -0.141. The minimum Gasteiger partial charge on any atom is -0.342 e. The number of alkyl halides is 5. The number of anilines is 2. The maximum absolute atomic E-state index is 15.2. The van der Waals surface area contributed by atoms with Gasteiger partial charge in [0.1, 0.15) is 12.4 Å². The van der Waals surface area contributed by atoms with E-state index in [4.69, 9.17) is 0 Å². The average molecular weight is 580 g/mol. The Hall–Kier alpha value is -4.63. The molecule has 0 radical (unpaired) electrons. The number of fused-ring (bicyclic) bond motifs is 1. The summed E-state index contributed by atoms with van der Waals surface area (Å²) in [6, 6.07) is 2.61. The first-order valence-corrected chi connectivity index (χ1v) is 12.3. The van der Waals surface area contributed by atoms with E-state index in [1.54, 1.807) is 6.92 Å². The average Bonchev–Trinajstić information content (AvgIpc) is 3.52. The predicted molar refractivity (Wildman–Crippen MR) is 133 cm³/mol. The Labute approximate surface area is 228 Å². The topological polar surface area (TPSA) is 101 Å². The molecule has 10 nitrogen and oxygen atoms in total. The highest BCUT2D eigenvalue weighted by molar-refractivity contribution is 5.96. The molecule has 216 valence electrons. The number of nitrogens with zero attached hydrogens (tertiary/aromatic N) is 7. The monoisotopic (exact) mass is 580 g/mol. The highest BCUT2D eigenvalue weighted by atomic mass is 19.4. The molecular formula is C25H22F6N8O2. The fourth-order valence-electron chi connectivity index (χ4n) is 4.67. The lowest BCUT2D eigenvalue weighted by Crippen LogP contribution is -2.48. The molecule has 1 N–H and O–H groups in total. The maximum atomic E-state index is 15.2. The summed E-state index contributed by atoms with van der Waals surface area (Å²) in [5.74, 6) is -1.24. The number of halogens is 6. The second-order valence-corrected chi connectivity index (χ2v) is 9.32. The zero-order chi connectivity index (χ0) is 29.5. The molecule has 1 aliphatic rings. The molecule has 41 heavy (non-hydrogen) atoms. The standard InChI is InChI=1S/C25H22F6N8O2/c1-14-8-15(9-17(26)20(14)24(41)37-6-4-36(13-40)5-7-37)34-22-23-33-10-18(39(23)3-2-32-22)16-11-38(12-19(27)28)35-21(16)25(29,30)31/h2-3,8-11,13,19H,4-7,12H2,1H3,(H,32,34). The van der Waals surface area contributed by atoms with Crippen LogP contribution in [0.1, 0.15) is 21.6 Å². The number of piperazine rings is 1. The Bertz CT molecular complexity index is 1580. The minimum atomic E-state index is -4.92. The summed E-state index contributed by atoms with van der Waals surface area (Å²) in [5.41, 5.74) is -1.40. The van der Waals surface area contributed by atoms with Gasteiger partial charge in [-0.05, 0) is 24.6 Å². The Morgan fingerprint density at radius 3 is 2.51 bits per heavy atom. The van der Waals surface area contributed by atoms with Gasteiger partial charge in [-0.1, -0.05) is 0 Å². The van der Waals surface area contributed by atoms with Crippen molar-refractivity contribution in [1.29, 1.82) is 0 Å². The van der Waals surface area contributed by atoms with Crippen LogP contribution in [-0.4, -0.2) is 78.9 Å². The molecule has 1 aromatic carbocycles. The SMILES string of the molecule is Cc1cc(Nc2nccn3c(-c4cn(CC(F)F)nc4C(F)(F)F)cnc23)cc(F)c1C(=O)N1CCN(C=O)CC1. The minimum absolute atomic E-state index is 0.0649. The number of imidazole rings is 1. The molecule has 2 amide bonds. The van der Waals surface area contributed by atoms with Crippen molar-refractivity contribution < 1.29 is 35.9 Å². The number of aromatic nitrogens is 5. The molecule has 0 aliphatic carbocycles. The van der Waals surface area contributed by atoms with Gasteiger partial charge in [0.2, 0.25) is 6.41 Å². The summed E-state index contributed by atoms with van der Waals surface area (Å²) < 4.78 is 83.7. The largest absolute Gasteiger partial charge is 0.435 e. The van der Waals surface area contributed by atoms with Gasteiger partial charge in [-0.25, -0.2) is 23.1 Å². The lowest BCUT2D eigenvalue weighted by Gasteiger charge is -2.33. The molecule has 5 rings (SSSR count). The first-order chi connectivity index (χ1) is 19.5. The molecule has 1 fully saturated rings. The number of hydrogen-bond donors (Lipinski definition) is 1. The van der Waals surface area contributed by atoms with Crippen molar-refractivity contribution >= 4 is 29.5 Å². The van der Waals surface area contributed by atoms with E-state index < -0.39 is 42.1 Å². The van der Waals surface area contributed by atoms with Crippen LogP contribution in [0.3, 0.4) is 0 Å². The Kier molecular flexibility index (Phi) is 7.31. The van der Waals surface area contributed by atoms with Gasteiger partial charge in [0.05, 0.1) is 23.0 Å². The van der Waals surface area contributed by atoms with Gasteiger partial charge in [-0.2, -0.15) is 18.3 Å². The highest BCUT2D eigenvalue weighted by Crippen LogP contribution is 2.37. The van der Waals surface area contributed by atoms with Crippen LogP contribution >= 0.6 is 0 Å². The van der Waals surface area contributed by atoms with Gasteiger partial charge in [0.25, 0.3) is 12.3 Å². The molecule has 1 aliphatic heterocycles. The summed E-state index contributed by atoms with van der Waals surface area (Å²) >= 11 is 0. The predicted octanol–water partition coefficient (Wildman–Crippen LogP) is 3.98. The molecule has 0 unspecified atom stereocenters. The third kappa shape index (κ3) is 5.53. The van der Waals surface area contributed by atoms with Gasteiger partial charge in [0, 0.05) is 50.5 Å². The van der Waals surface area contributed by atoms with Crippen LogP contribution in [-0.2, 0) is 17.5 Å². The number of amides is 2. The van der Waals surface area contributed by atoms with Crippen molar-refractivity contribution in [1.82, 2.24) is 33.9 Å². The van der Waals surface area contributed by atoms with E-state index in [1.807, 2.05) is 0 Å². The number of aryl methyl sites for hydroxylation is 1. The maximum Gasteiger partial charge on any atom is 0.435 e. The van der Waals surface area contributed by atoms with Crippen LogP contribution in [0.4, 0.5) is 37.8 Å².